The molecule has 0 heterocycles. The van der Waals surface area contributed by atoms with Gasteiger partial charge in [-0.3, -0.25) is 0 Å². The van der Waals surface area contributed by atoms with Crippen molar-refractivity contribution in [2.24, 2.45) is 0 Å². The van der Waals surface area contributed by atoms with E-state index in [0.29, 0.717) is 17.9 Å². The number of benzene rings is 1. The second-order valence-electron chi connectivity index (χ2n) is 6.62. The van der Waals surface area contributed by atoms with Crippen LogP contribution in [0.25, 0.3) is 0 Å². The second-order valence-corrected chi connectivity index (χ2v) is 9.12. The van der Waals surface area contributed by atoms with Crippen LogP contribution in [0.5, 0.6) is 0 Å². The summed E-state index contributed by atoms with van der Waals surface area (Å²) in [5.41, 5.74) is 0.718. The van der Waals surface area contributed by atoms with Gasteiger partial charge in [0.1, 0.15) is 0 Å². The summed E-state index contributed by atoms with van der Waals surface area (Å²) < 4.78 is 24.0. The normalized spacial score (nSPS) is 12.3. The minimum Gasteiger partial charge on any atom is -0.338 e. The predicted molar refractivity (Wildman–Crippen MR) is 88.8 cm³/mol. The number of carbonyl (C=O) groups is 1. The first-order valence-electron chi connectivity index (χ1n) is 7.41. The van der Waals surface area contributed by atoms with E-state index in [9.17, 15) is 13.2 Å². The Hall–Kier alpha value is -1.56. The lowest BCUT2D eigenvalue weighted by Gasteiger charge is -2.20. The second kappa shape index (κ2) is 7.13. The SMILES string of the molecule is CC(C)S(=O)(=O)c1ccc(CCNC(=O)NC(C)(C)C)cc1. The fourth-order valence-electron chi connectivity index (χ4n) is 1.82. The summed E-state index contributed by atoms with van der Waals surface area (Å²) in [6, 6.07) is 6.63. The molecule has 0 atom stereocenters. The van der Waals surface area contributed by atoms with Gasteiger partial charge in [0.2, 0.25) is 0 Å². The number of hydrogen-bond donors (Lipinski definition) is 2. The van der Waals surface area contributed by atoms with E-state index in [1.807, 2.05) is 20.8 Å². The van der Waals surface area contributed by atoms with Crippen LogP contribution in [0.1, 0.15) is 40.2 Å². The third-order valence-electron chi connectivity index (χ3n) is 3.06. The molecule has 5 nitrogen and oxygen atoms in total. The van der Waals surface area contributed by atoms with Crippen LogP contribution in [-0.2, 0) is 16.3 Å². The maximum absolute atomic E-state index is 12.0. The molecule has 0 bridgehead atoms. The van der Waals surface area contributed by atoms with Gasteiger partial charge in [0.25, 0.3) is 0 Å². The highest BCUT2D eigenvalue weighted by molar-refractivity contribution is 7.92. The predicted octanol–water partition coefficient (Wildman–Crippen LogP) is 2.51. The highest BCUT2D eigenvalue weighted by Gasteiger charge is 2.18. The molecule has 0 spiro atoms. The first kappa shape index (κ1) is 18.5. The number of carbonyl (C=O) groups excluding carboxylic acids is 1. The largest absolute Gasteiger partial charge is 0.338 e. The van der Waals surface area contributed by atoms with E-state index in [4.69, 9.17) is 0 Å². The van der Waals surface area contributed by atoms with E-state index in [1.165, 1.54) is 0 Å². The summed E-state index contributed by atoms with van der Waals surface area (Å²) in [5, 5.41) is 5.17. The van der Waals surface area contributed by atoms with Crippen LogP contribution < -0.4 is 10.6 Å². The van der Waals surface area contributed by atoms with Crippen LogP contribution in [0, 0.1) is 0 Å². The summed E-state index contributed by atoms with van der Waals surface area (Å²) in [7, 11) is -3.23. The van der Waals surface area contributed by atoms with Gasteiger partial charge in [-0.15, -0.1) is 0 Å². The van der Waals surface area contributed by atoms with Gasteiger partial charge in [0.05, 0.1) is 10.1 Å². The summed E-state index contributed by atoms with van der Waals surface area (Å²) in [6.07, 6.45) is 0.652. The fraction of sp³-hybridized carbons (Fsp3) is 0.562. The molecule has 0 aromatic heterocycles. The number of hydrogen-bond acceptors (Lipinski definition) is 3. The monoisotopic (exact) mass is 326 g/mol. The van der Waals surface area contributed by atoms with Crippen LogP contribution in [-0.4, -0.2) is 31.8 Å². The summed E-state index contributed by atoms with van der Waals surface area (Å²) in [5.74, 6) is 0. The van der Waals surface area contributed by atoms with Crippen molar-refractivity contribution >= 4 is 15.9 Å². The van der Waals surface area contributed by atoms with E-state index in [-0.39, 0.29) is 11.6 Å². The van der Waals surface area contributed by atoms with Crippen molar-refractivity contribution in [1.29, 1.82) is 0 Å². The van der Waals surface area contributed by atoms with Crippen LogP contribution in [0.15, 0.2) is 29.2 Å². The summed E-state index contributed by atoms with van der Waals surface area (Å²) in [6.45, 7) is 9.58. The van der Waals surface area contributed by atoms with Crippen molar-refractivity contribution in [1.82, 2.24) is 10.6 Å². The van der Waals surface area contributed by atoms with Crippen LogP contribution in [0.4, 0.5) is 4.79 Å². The lowest BCUT2D eigenvalue weighted by atomic mass is 10.1. The molecule has 0 unspecified atom stereocenters. The maximum Gasteiger partial charge on any atom is 0.315 e. The van der Waals surface area contributed by atoms with Crippen molar-refractivity contribution < 1.29 is 13.2 Å². The van der Waals surface area contributed by atoms with Crippen LogP contribution in [0.2, 0.25) is 0 Å². The van der Waals surface area contributed by atoms with Gasteiger partial charge in [-0.25, -0.2) is 13.2 Å². The maximum atomic E-state index is 12.0. The fourth-order valence-corrected chi connectivity index (χ4v) is 2.88. The number of sulfone groups is 1. The van der Waals surface area contributed by atoms with E-state index >= 15 is 0 Å². The molecule has 22 heavy (non-hydrogen) atoms. The smallest absolute Gasteiger partial charge is 0.315 e. The molecule has 2 N–H and O–H groups in total. The van der Waals surface area contributed by atoms with E-state index in [1.54, 1.807) is 38.1 Å². The Bertz CT molecular complexity index is 599. The Morgan fingerprint density at radius 2 is 1.68 bits per heavy atom. The molecule has 0 aliphatic carbocycles. The molecule has 0 aliphatic heterocycles. The Morgan fingerprint density at radius 3 is 2.14 bits per heavy atom. The molecule has 2 amide bonds. The Balaban J connectivity index is 2.54. The molecule has 6 heteroatoms. The van der Waals surface area contributed by atoms with Crippen molar-refractivity contribution in [3.8, 4) is 0 Å². The first-order chi connectivity index (χ1) is 10.0. The average Bonchev–Trinajstić information content (AvgIpc) is 2.37. The molecular formula is C16H26N2O3S. The van der Waals surface area contributed by atoms with E-state index in [0.717, 1.165) is 5.56 Å². The summed E-state index contributed by atoms with van der Waals surface area (Å²) in [4.78, 5) is 11.9. The number of rotatable bonds is 5. The van der Waals surface area contributed by atoms with Gasteiger partial charge in [0.15, 0.2) is 9.84 Å². The van der Waals surface area contributed by atoms with Crippen molar-refractivity contribution in [3.05, 3.63) is 29.8 Å². The van der Waals surface area contributed by atoms with Crippen molar-refractivity contribution in [2.45, 2.75) is 56.7 Å². The Labute approximate surface area is 133 Å². The molecule has 1 aromatic carbocycles. The number of amides is 2. The number of urea groups is 1. The van der Waals surface area contributed by atoms with Gasteiger partial charge in [-0.2, -0.15) is 0 Å². The highest BCUT2D eigenvalue weighted by atomic mass is 32.2. The third-order valence-corrected chi connectivity index (χ3v) is 5.23. The topological polar surface area (TPSA) is 75.3 Å². The van der Waals surface area contributed by atoms with Crippen molar-refractivity contribution in [2.75, 3.05) is 6.54 Å². The minimum atomic E-state index is -3.23. The van der Waals surface area contributed by atoms with Crippen LogP contribution in [0.3, 0.4) is 0 Å². The molecule has 1 rings (SSSR count). The molecule has 124 valence electrons. The zero-order valence-electron chi connectivity index (χ0n) is 13.9. The molecule has 0 radical (unpaired) electrons. The average molecular weight is 326 g/mol. The Morgan fingerprint density at radius 1 is 1.14 bits per heavy atom. The quantitative estimate of drug-likeness (QED) is 0.873. The lowest BCUT2D eigenvalue weighted by molar-refractivity contribution is 0.232. The zero-order valence-corrected chi connectivity index (χ0v) is 14.8. The molecule has 1 aromatic rings. The Kier molecular flexibility index (Phi) is 6.00. The van der Waals surface area contributed by atoms with E-state index in [2.05, 4.69) is 10.6 Å². The number of nitrogens with one attached hydrogen (secondary N) is 2. The van der Waals surface area contributed by atoms with Gasteiger partial charge in [-0.1, -0.05) is 12.1 Å². The third kappa shape index (κ3) is 5.67. The molecule has 0 saturated carbocycles. The van der Waals surface area contributed by atoms with Gasteiger partial charge in [0, 0.05) is 12.1 Å². The van der Waals surface area contributed by atoms with Crippen molar-refractivity contribution in [3.63, 3.8) is 0 Å². The highest BCUT2D eigenvalue weighted by Crippen LogP contribution is 2.16. The minimum absolute atomic E-state index is 0.202. The zero-order chi connectivity index (χ0) is 17.0. The standard InChI is InChI=1S/C16H26N2O3S/c1-12(2)22(20,21)14-8-6-13(7-9-14)10-11-17-15(19)18-16(3,4)5/h6-9,12H,10-11H2,1-5H3,(H2,17,18,19). The lowest BCUT2D eigenvalue weighted by Crippen LogP contribution is -2.46. The van der Waals surface area contributed by atoms with Gasteiger partial charge in [-0.05, 0) is 58.7 Å². The van der Waals surface area contributed by atoms with E-state index < -0.39 is 15.1 Å². The van der Waals surface area contributed by atoms with Crippen LogP contribution >= 0.6 is 0 Å². The first-order valence-corrected chi connectivity index (χ1v) is 8.96. The molecular weight excluding hydrogens is 300 g/mol. The molecule has 0 aliphatic rings. The molecule has 0 fully saturated rings. The van der Waals surface area contributed by atoms with Gasteiger partial charge < -0.3 is 10.6 Å². The summed E-state index contributed by atoms with van der Waals surface area (Å²) >= 11 is 0. The molecule has 0 saturated heterocycles. The van der Waals surface area contributed by atoms with Gasteiger partial charge >= 0.3 is 6.03 Å².